The van der Waals surface area contributed by atoms with Crippen molar-refractivity contribution in [2.45, 2.75) is 47.0 Å². The van der Waals surface area contributed by atoms with Crippen LogP contribution in [-0.4, -0.2) is 19.0 Å². The van der Waals surface area contributed by atoms with Crippen LogP contribution in [0.2, 0.25) is 0 Å². The number of ether oxygens (including phenoxy) is 1. The van der Waals surface area contributed by atoms with Crippen molar-refractivity contribution in [1.82, 2.24) is 0 Å². The summed E-state index contributed by atoms with van der Waals surface area (Å²) in [5.74, 6) is 0.0000740. The molecule has 0 radical (unpaired) electrons. The number of carbonyl (C=O) groups is 2. The Hall–Kier alpha value is -2.14. The SMILES string of the molecule is COC(=O)c1c(NC(=O)c2ccccc2C)sc2c1CCC(C(C)(C)C)C2. The molecule has 0 bridgehead atoms. The molecule has 1 heterocycles. The molecule has 1 aliphatic rings. The van der Waals surface area contributed by atoms with Crippen molar-refractivity contribution in [3.05, 3.63) is 51.4 Å². The van der Waals surface area contributed by atoms with Crippen LogP contribution in [0.5, 0.6) is 0 Å². The molecular formula is C22H27NO3S. The molecule has 5 heteroatoms. The summed E-state index contributed by atoms with van der Waals surface area (Å²) >= 11 is 1.52. The number of aryl methyl sites for hydroxylation is 1. The Kier molecular flexibility index (Phi) is 5.43. The number of methoxy groups -OCH3 is 1. The van der Waals surface area contributed by atoms with E-state index in [0.717, 1.165) is 30.4 Å². The van der Waals surface area contributed by atoms with Gasteiger partial charge in [0.15, 0.2) is 0 Å². The van der Waals surface area contributed by atoms with Crippen LogP contribution in [0.25, 0.3) is 0 Å². The third-order valence-corrected chi connectivity index (χ3v) is 6.67. The lowest BCUT2D eigenvalue weighted by Gasteiger charge is -2.33. The second-order valence-electron chi connectivity index (χ2n) is 8.27. The second-order valence-corrected chi connectivity index (χ2v) is 9.38. The van der Waals surface area contributed by atoms with E-state index in [1.807, 2.05) is 25.1 Å². The van der Waals surface area contributed by atoms with Crippen molar-refractivity contribution >= 4 is 28.2 Å². The zero-order chi connectivity index (χ0) is 19.8. The van der Waals surface area contributed by atoms with Crippen molar-refractivity contribution in [3.63, 3.8) is 0 Å². The highest BCUT2D eigenvalue weighted by molar-refractivity contribution is 7.17. The third kappa shape index (κ3) is 3.93. The smallest absolute Gasteiger partial charge is 0.341 e. The Morgan fingerprint density at radius 3 is 2.56 bits per heavy atom. The lowest BCUT2D eigenvalue weighted by Crippen LogP contribution is -2.26. The van der Waals surface area contributed by atoms with Crippen LogP contribution in [0.1, 0.15) is 63.9 Å². The normalized spacial score (nSPS) is 16.6. The van der Waals surface area contributed by atoms with Crippen LogP contribution in [0.3, 0.4) is 0 Å². The maximum atomic E-state index is 12.8. The first-order valence-electron chi connectivity index (χ1n) is 9.32. The van der Waals surface area contributed by atoms with Crippen LogP contribution < -0.4 is 5.32 Å². The molecule has 0 saturated heterocycles. The number of amides is 1. The first kappa shape index (κ1) is 19.6. The number of benzene rings is 1. The van der Waals surface area contributed by atoms with Gasteiger partial charge in [-0.3, -0.25) is 4.79 Å². The van der Waals surface area contributed by atoms with E-state index in [0.29, 0.717) is 22.0 Å². The molecule has 27 heavy (non-hydrogen) atoms. The Morgan fingerprint density at radius 2 is 1.93 bits per heavy atom. The number of hydrogen-bond acceptors (Lipinski definition) is 4. The molecule has 1 aliphatic carbocycles. The zero-order valence-corrected chi connectivity index (χ0v) is 17.5. The van der Waals surface area contributed by atoms with Gasteiger partial charge in [-0.1, -0.05) is 39.0 Å². The van der Waals surface area contributed by atoms with Gasteiger partial charge in [0.05, 0.1) is 12.7 Å². The van der Waals surface area contributed by atoms with E-state index in [4.69, 9.17) is 4.74 Å². The van der Waals surface area contributed by atoms with E-state index >= 15 is 0 Å². The minimum atomic E-state index is -0.373. The predicted octanol–water partition coefficient (Wildman–Crippen LogP) is 5.25. The summed E-state index contributed by atoms with van der Waals surface area (Å²) in [6, 6.07) is 7.45. The van der Waals surface area contributed by atoms with Gasteiger partial charge in [-0.25, -0.2) is 4.79 Å². The molecule has 1 unspecified atom stereocenters. The molecule has 1 atom stereocenters. The molecule has 2 aromatic rings. The van der Waals surface area contributed by atoms with E-state index in [2.05, 4.69) is 26.1 Å². The number of anilines is 1. The lowest BCUT2D eigenvalue weighted by atomic mass is 9.72. The summed E-state index contributed by atoms with van der Waals surface area (Å²) in [5.41, 5.74) is 3.33. The molecule has 4 nitrogen and oxygen atoms in total. The van der Waals surface area contributed by atoms with Crippen LogP contribution in [0.15, 0.2) is 24.3 Å². The van der Waals surface area contributed by atoms with Gasteiger partial charge in [-0.05, 0) is 54.7 Å². The average molecular weight is 386 g/mol. The number of carbonyl (C=O) groups excluding carboxylic acids is 2. The van der Waals surface area contributed by atoms with E-state index in [9.17, 15) is 9.59 Å². The van der Waals surface area contributed by atoms with Crippen LogP contribution in [0, 0.1) is 18.3 Å². The predicted molar refractivity (Wildman–Crippen MR) is 110 cm³/mol. The standard InChI is InChI=1S/C22H27NO3S/c1-13-8-6-7-9-15(13)19(24)23-20-18(21(25)26-5)16-11-10-14(22(2,3)4)12-17(16)27-20/h6-9,14H,10-12H2,1-5H3,(H,23,24). The first-order chi connectivity index (χ1) is 12.7. The van der Waals surface area contributed by atoms with Crippen molar-refractivity contribution in [3.8, 4) is 0 Å². The van der Waals surface area contributed by atoms with Gasteiger partial charge in [0.1, 0.15) is 5.00 Å². The highest BCUT2D eigenvalue weighted by Crippen LogP contribution is 2.44. The van der Waals surface area contributed by atoms with Crippen molar-refractivity contribution in [2.24, 2.45) is 11.3 Å². The molecule has 1 aromatic carbocycles. The Morgan fingerprint density at radius 1 is 1.22 bits per heavy atom. The molecular weight excluding hydrogens is 358 g/mol. The summed E-state index contributed by atoms with van der Waals surface area (Å²) in [4.78, 5) is 26.4. The molecule has 0 spiro atoms. The summed E-state index contributed by atoms with van der Waals surface area (Å²) in [7, 11) is 1.39. The number of nitrogens with one attached hydrogen (secondary N) is 1. The van der Waals surface area contributed by atoms with Crippen molar-refractivity contribution in [2.75, 3.05) is 12.4 Å². The number of fused-ring (bicyclic) bond motifs is 1. The Labute approximate surface area is 164 Å². The highest BCUT2D eigenvalue weighted by Gasteiger charge is 2.34. The molecule has 1 N–H and O–H groups in total. The topological polar surface area (TPSA) is 55.4 Å². The van der Waals surface area contributed by atoms with Gasteiger partial charge in [0.2, 0.25) is 0 Å². The van der Waals surface area contributed by atoms with Crippen molar-refractivity contribution < 1.29 is 14.3 Å². The van der Waals surface area contributed by atoms with Crippen LogP contribution in [-0.2, 0) is 17.6 Å². The van der Waals surface area contributed by atoms with Crippen molar-refractivity contribution in [1.29, 1.82) is 0 Å². The lowest BCUT2D eigenvalue weighted by molar-refractivity contribution is 0.0600. The molecule has 1 aromatic heterocycles. The summed E-state index contributed by atoms with van der Waals surface area (Å²) in [6.45, 7) is 8.69. The maximum absolute atomic E-state index is 12.8. The number of hydrogen-bond donors (Lipinski definition) is 1. The fourth-order valence-electron chi connectivity index (χ4n) is 3.73. The van der Waals surface area contributed by atoms with Crippen LogP contribution >= 0.6 is 11.3 Å². The van der Waals surface area contributed by atoms with Crippen LogP contribution in [0.4, 0.5) is 5.00 Å². The largest absolute Gasteiger partial charge is 0.465 e. The molecule has 0 saturated carbocycles. The number of thiophene rings is 1. The Bertz CT molecular complexity index is 876. The quantitative estimate of drug-likeness (QED) is 0.735. The van der Waals surface area contributed by atoms with E-state index in [1.165, 1.54) is 23.3 Å². The summed E-state index contributed by atoms with van der Waals surface area (Å²) in [6.07, 6.45) is 2.83. The van der Waals surface area contributed by atoms with Gasteiger partial charge >= 0.3 is 5.97 Å². The van der Waals surface area contributed by atoms with E-state index < -0.39 is 0 Å². The molecule has 144 valence electrons. The van der Waals surface area contributed by atoms with Gasteiger partial charge in [0.25, 0.3) is 5.91 Å². The second kappa shape index (κ2) is 7.47. The summed E-state index contributed by atoms with van der Waals surface area (Å²) < 4.78 is 5.02. The van der Waals surface area contributed by atoms with E-state index in [1.54, 1.807) is 6.07 Å². The Balaban J connectivity index is 1.96. The third-order valence-electron chi connectivity index (χ3n) is 5.50. The first-order valence-corrected chi connectivity index (χ1v) is 10.1. The van der Waals surface area contributed by atoms with Gasteiger partial charge in [0, 0.05) is 10.4 Å². The zero-order valence-electron chi connectivity index (χ0n) is 16.6. The molecule has 0 aliphatic heterocycles. The fraction of sp³-hybridized carbons (Fsp3) is 0.455. The van der Waals surface area contributed by atoms with Gasteiger partial charge in [-0.2, -0.15) is 0 Å². The maximum Gasteiger partial charge on any atom is 0.341 e. The monoisotopic (exact) mass is 385 g/mol. The number of esters is 1. The minimum absolute atomic E-state index is 0.191. The fourth-order valence-corrected chi connectivity index (χ4v) is 5.04. The average Bonchev–Trinajstić information content (AvgIpc) is 2.97. The van der Waals surface area contributed by atoms with Gasteiger partial charge < -0.3 is 10.1 Å². The van der Waals surface area contributed by atoms with Gasteiger partial charge in [-0.15, -0.1) is 11.3 Å². The molecule has 1 amide bonds. The number of rotatable bonds is 3. The van der Waals surface area contributed by atoms with E-state index in [-0.39, 0.29) is 17.3 Å². The molecule has 3 rings (SSSR count). The highest BCUT2D eigenvalue weighted by atomic mass is 32.1. The minimum Gasteiger partial charge on any atom is -0.465 e. The molecule has 0 fully saturated rings. The summed E-state index contributed by atoms with van der Waals surface area (Å²) in [5, 5.41) is 3.58.